The molecule has 5 rings (SSSR count). The minimum atomic E-state index is -1.50. The van der Waals surface area contributed by atoms with Crippen LogP contribution in [0.2, 0.25) is 0 Å². The summed E-state index contributed by atoms with van der Waals surface area (Å²) in [6.07, 6.45) is 2.01. The summed E-state index contributed by atoms with van der Waals surface area (Å²) in [6.45, 7) is 5.51. The Hall–Kier alpha value is -3.41. The molecule has 194 valence electrons. The molecule has 2 saturated heterocycles. The van der Waals surface area contributed by atoms with E-state index in [4.69, 9.17) is 4.98 Å². The van der Waals surface area contributed by atoms with Crippen LogP contribution in [0.1, 0.15) is 18.9 Å². The summed E-state index contributed by atoms with van der Waals surface area (Å²) in [5.41, 5.74) is 1.22. The van der Waals surface area contributed by atoms with Gasteiger partial charge in [0.15, 0.2) is 5.60 Å². The number of carbonyl (C=O) groups excluding carboxylic acids is 2. The minimum absolute atomic E-state index is 0.0338. The zero-order chi connectivity index (χ0) is 26.2. The Labute approximate surface area is 220 Å². The summed E-state index contributed by atoms with van der Waals surface area (Å²) in [4.78, 5) is 44.7. The van der Waals surface area contributed by atoms with E-state index in [0.29, 0.717) is 49.0 Å². The van der Waals surface area contributed by atoms with Gasteiger partial charge in [0, 0.05) is 63.3 Å². The van der Waals surface area contributed by atoms with Crippen molar-refractivity contribution in [1.82, 2.24) is 29.7 Å². The minimum Gasteiger partial charge on any atom is -0.375 e. The van der Waals surface area contributed by atoms with Crippen molar-refractivity contribution in [3.05, 3.63) is 47.5 Å². The zero-order valence-corrected chi connectivity index (χ0v) is 22.0. The molecule has 10 nitrogen and oxygen atoms in total. The van der Waals surface area contributed by atoms with E-state index in [9.17, 15) is 14.7 Å². The van der Waals surface area contributed by atoms with Crippen molar-refractivity contribution < 1.29 is 14.7 Å². The van der Waals surface area contributed by atoms with Crippen LogP contribution in [0, 0.1) is 0 Å². The average Bonchev–Trinajstić information content (AvgIpc) is 3.51. The van der Waals surface area contributed by atoms with Gasteiger partial charge in [0.2, 0.25) is 11.9 Å². The fraction of sp³-hybridized carbons (Fsp3) is 0.423. The van der Waals surface area contributed by atoms with Crippen LogP contribution in [-0.2, 0) is 15.2 Å². The van der Waals surface area contributed by atoms with Crippen molar-refractivity contribution in [2.24, 2.45) is 0 Å². The number of nitrogens with zero attached hydrogens (tertiary/aromatic N) is 6. The molecule has 0 aliphatic carbocycles. The molecule has 2 aromatic heterocycles. The van der Waals surface area contributed by atoms with E-state index in [1.54, 1.807) is 30.3 Å². The summed E-state index contributed by atoms with van der Waals surface area (Å²) in [6, 6.07) is 8.69. The normalized spacial score (nSPS) is 21.4. The standard InChI is InChI=1S/C26H31N7O3S/c1-17(23(34)33-13-11-31(2)12-14-33)28-25-27-9-7-20(30-25)21-16-37-22(29-21)18-5-4-6-19(15-18)26(36)8-10-32(3)24(26)35/h4-7,9,15-17,36H,8,10-14H2,1-3H3,(H,27,28,30). The lowest BCUT2D eigenvalue weighted by Gasteiger charge is -2.34. The number of benzene rings is 1. The molecule has 2 amide bonds. The number of likely N-dealkylation sites (N-methyl/N-ethyl adjacent to an activating group) is 2. The maximum absolute atomic E-state index is 12.8. The quantitative estimate of drug-likeness (QED) is 0.506. The number of thiazole rings is 1. The number of amides is 2. The number of hydrogen-bond acceptors (Lipinski definition) is 9. The number of likely N-dealkylation sites (tertiary alicyclic amines) is 1. The third-order valence-electron chi connectivity index (χ3n) is 7.05. The molecule has 4 heterocycles. The van der Waals surface area contributed by atoms with E-state index in [-0.39, 0.29) is 11.8 Å². The third kappa shape index (κ3) is 5.07. The molecule has 2 aliphatic rings. The van der Waals surface area contributed by atoms with Crippen molar-refractivity contribution in [1.29, 1.82) is 0 Å². The van der Waals surface area contributed by atoms with Crippen molar-refractivity contribution in [2.75, 3.05) is 52.1 Å². The van der Waals surface area contributed by atoms with Gasteiger partial charge in [0.05, 0.1) is 5.69 Å². The Morgan fingerprint density at radius 2 is 1.89 bits per heavy atom. The second-order valence-electron chi connectivity index (χ2n) is 9.72. The maximum atomic E-state index is 12.8. The molecular weight excluding hydrogens is 490 g/mol. The summed E-state index contributed by atoms with van der Waals surface area (Å²) < 4.78 is 0. The lowest BCUT2D eigenvalue weighted by molar-refractivity contribution is -0.143. The number of nitrogens with one attached hydrogen (secondary N) is 1. The number of anilines is 1. The summed E-state index contributed by atoms with van der Waals surface area (Å²) in [5.74, 6) is 0.118. The number of carbonyl (C=O) groups is 2. The number of aromatic nitrogens is 3. The highest BCUT2D eigenvalue weighted by Crippen LogP contribution is 2.36. The summed E-state index contributed by atoms with van der Waals surface area (Å²) >= 11 is 1.46. The van der Waals surface area contributed by atoms with Gasteiger partial charge in [-0.1, -0.05) is 18.2 Å². The predicted molar refractivity (Wildman–Crippen MR) is 142 cm³/mol. The third-order valence-corrected chi connectivity index (χ3v) is 7.94. The Morgan fingerprint density at radius 3 is 2.62 bits per heavy atom. The molecule has 1 aromatic carbocycles. The van der Waals surface area contributed by atoms with Crippen LogP contribution in [0.5, 0.6) is 0 Å². The van der Waals surface area contributed by atoms with E-state index in [1.807, 2.05) is 35.4 Å². The highest BCUT2D eigenvalue weighted by Gasteiger charge is 2.45. The smallest absolute Gasteiger partial charge is 0.258 e. The average molecular weight is 522 g/mol. The fourth-order valence-corrected chi connectivity index (χ4v) is 5.49. The summed E-state index contributed by atoms with van der Waals surface area (Å²) in [5, 5.41) is 16.8. The van der Waals surface area contributed by atoms with Crippen LogP contribution in [0.3, 0.4) is 0 Å². The molecule has 2 N–H and O–H groups in total. The number of aliphatic hydroxyl groups is 1. The van der Waals surface area contributed by atoms with Crippen molar-refractivity contribution in [3.63, 3.8) is 0 Å². The van der Waals surface area contributed by atoms with E-state index >= 15 is 0 Å². The Morgan fingerprint density at radius 1 is 1.11 bits per heavy atom. The monoisotopic (exact) mass is 521 g/mol. The van der Waals surface area contributed by atoms with E-state index in [1.165, 1.54) is 11.3 Å². The Kier molecular flexibility index (Phi) is 6.93. The SMILES string of the molecule is CC(Nc1nccc(-c2csc(-c3cccc(C4(O)CCN(C)C4=O)c3)n2)n1)C(=O)N1CCN(C)CC1. The van der Waals surface area contributed by atoms with Gasteiger partial charge in [0.1, 0.15) is 16.7 Å². The van der Waals surface area contributed by atoms with Crippen LogP contribution in [0.4, 0.5) is 5.95 Å². The van der Waals surface area contributed by atoms with E-state index in [0.717, 1.165) is 23.7 Å². The molecule has 2 atom stereocenters. The molecule has 3 aromatic rings. The first-order chi connectivity index (χ1) is 17.7. The van der Waals surface area contributed by atoms with Gasteiger partial charge >= 0.3 is 0 Å². The van der Waals surface area contributed by atoms with Crippen LogP contribution in [0.15, 0.2) is 41.9 Å². The molecule has 2 unspecified atom stereocenters. The highest BCUT2D eigenvalue weighted by atomic mass is 32.1. The Bertz CT molecular complexity index is 1310. The number of piperazine rings is 1. The van der Waals surface area contributed by atoms with Gasteiger partial charge in [-0.15, -0.1) is 11.3 Å². The number of rotatable bonds is 6. The predicted octanol–water partition coefficient (Wildman–Crippen LogP) is 1.89. The summed E-state index contributed by atoms with van der Waals surface area (Å²) in [7, 11) is 3.76. The molecule has 0 saturated carbocycles. The number of hydrogen-bond donors (Lipinski definition) is 2. The Balaban J connectivity index is 1.31. The van der Waals surface area contributed by atoms with Crippen LogP contribution >= 0.6 is 11.3 Å². The van der Waals surface area contributed by atoms with Gasteiger partial charge in [0.25, 0.3) is 5.91 Å². The highest BCUT2D eigenvalue weighted by molar-refractivity contribution is 7.13. The van der Waals surface area contributed by atoms with Crippen molar-refractivity contribution in [3.8, 4) is 22.0 Å². The lowest BCUT2D eigenvalue weighted by Crippen LogP contribution is -2.51. The van der Waals surface area contributed by atoms with E-state index < -0.39 is 11.6 Å². The van der Waals surface area contributed by atoms with Crippen molar-refractivity contribution >= 4 is 29.1 Å². The maximum Gasteiger partial charge on any atom is 0.258 e. The second-order valence-corrected chi connectivity index (χ2v) is 10.6. The first kappa shape index (κ1) is 25.2. The molecule has 0 radical (unpaired) electrons. The molecule has 2 aliphatic heterocycles. The van der Waals surface area contributed by atoms with Crippen molar-refractivity contribution in [2.45, 2.75) is 25.0 Å². The lowest BCUT2D eigenvalue weighted by atomic mass is 9.91. The van der Waals surface area contributed by atoms with Gasteiger partial charge in [-0.05, 0) is 31.7 Å². The van der Waals surface area contributed by atoms with Gasteiger partial charge in [-0.2, -0.15) is 0 Å². The first-order valence-electron chi connectivity index (χ1n) is 12.4. The topological polar surface area (TPSA) is 115 Å². The fourth-order valence-electron chi connectivity index (χ4n) is 4.68. The van der Waals surface area contributed by atoms with Crippen LogP contribution in [0.25, 0.3) is 22.0 Å². The first-order valence-corrected chi connectivity index (χ1v) is 13.2. The van der Waals surface area contributed by atoms with Gasteiger partial charge < -0.3 is 25.1 Å². The van der Waals surface area contributed by atoms with E-state index in [2.05, 4.69) is 27.2 Å². The molecule has 2 fully saturated rings. The van der Waals surface area contributed by atoms with Gasteiger partial charge in [-0.3, -0.25) is 9.59 Å². The molecule has 11 heteroatoms. The zero-order valence-electron chi connectivity index (χ0n) is 21.2. The largest absolute Gasteiger partial charge is 0.375 e. The molecule has 37 heavy (non-hydrogen) atoms. The molecule has 0 bridgehead atoms. The van der Waals surface area contributed by atoms with Gasteiger partial charge in [-0.25, -0.2) is 15.0 Å². The molecular formula is C26H31N7O3S. The molecule has 0 spiro atoms. The van der Waals surface area contributed by atoms with Crippen LogP contribution in [-0.4, -0.2) is 99.4 Å². The second kappa shape index (κ2) is 10.2. The van der Waals surface area contributed by atoms with Crippen LogP contribution < -0.4 is 5.32 Å².